The Morgan fingerprint density at radius 2 is 2.07 bits per heavy atom. The maximum Gasteiger partial charge on any atom is 0.137 e. The van der Waals surface area contributed by atoms with Gasteiger partial charge in [0.25, 0.3) is 0 Å². The molecule has 0 aliphatic carbocycles. The average molecular weight is 184 g/mol. The average Bonchev–Trinajstić information content (AvgIpc) is 2.67. The van der Waals surface area contributed by atoms with Crippen LogP contribution in [0.4, 0.5) is 5.69 Å². The van der Waals surface area contributed by atoms with Crippen molar-refractivity contribution in [2.24, 2.45) is 0 Å². The molecular weight excluding hydrogens is 176 g/mol. The third-order valence-corrected chi connectivity index (χ3v) is 1.95. The zero-order valence-electron chi connectivity index (χ0n) is 7.40. The van der Waals surface area contributed by atoms with Gasteiger partial charge in [0.2, 0.25) is 0 Å². The zero-order chi connectivity index (χ0) is 9.97. The molecule has 0 unspecified atom stereocenters. The molecule has 0 amide bonds. The molecule has 1 aromatic heterocycles. The van der Waals surface area contributed by atoms with E-state index in [1.165, 1.54) is 6.26 Å². The molecule has 0 saturated carbocycles. The number of benzene rings is 1. The number of nitrogens with zero attached hydrogens (tertiary/aromatic N) is 1. The molecule has 0 bridgehead atoms. The third-order valence-electron chi connectivity index (χ3n) is 1.95. The highest BCUT2D eigenvalue weighted by atomic mass is 16.3. The van der Waals surface area contributed by atoms with E-state index in [9.17, 15) is 0 Å². The van der Waals surface area contributed by atoms with Gasteiger partial charge < -0.3 is 10.2 Å². The lowest BCUT2D eigenvalue weighted by molar-refractivity contribution is 0.582. The summed E-state index contributed by atoms with van der Waals surface area (Å²) in [5.74, 6) is 0.625. The summed E-state index contributed by atoms with van der Waals surface area (Å²) in [4.78, 5) is 0. The highest BCUT2D eigenvalue weighted by Crippen LogP contribution is 2.26. The summed E-state index contributed by atoms with van der Waals surface area (Å²) in [6.45, 7) is 0. The second-order valence-electron chi connectivity index (χ2n) is 2.90. The zero-order valence-corrected chi connectivity index (χ0v) is 7.40. The van der Waals surface area contributed by atoms with Crippen LogP contribution in [0, 0.1) is 11.3 Å². The summed E-state index contributed by atoms with van der Waals surface area (Å²) in [5.41, 5.74) is 7.72. The molecule has 3 heteroatoms. The van der Waals surface area contributed by atoms with Gasteiger partial charge in [-0.1, -0.05) is 12.1 Å². The minimum Gasteiger partial charge on any atom is -0.463 e. The summed E-state index contributed by atoms with van der Waals surface area (Å²) in [6.07, 6.45) is 1.42. The second-order valence-corrected chi connectivity index (χ2v) is 2.90. The minimum absolute atomic E-state index is 0.503. The van der Waals surface area contributed by atoms with Gasteiger partial charge in [-0.2, -0.15) is 5.26 Å². The standard InChI is InChI=1S/C11H8N2O/c12-6-8-5-11(14-7-8)9-3-1-2-4-10(9)13/h1-5,7H,13H2. The molecule has 1 aromatic carbocycles. The number of hydrogen-bond donors (Lipinski definition) is 1. The number of rotatable bonds is 1. The van der Waals surface area contributed by atoms with Gasteiger partial charge in [0.15, 0.2) is 0 Å². The van der Waals surface area contributed by atoms with Crippen molar-refractivity contribution in [2.45, 2.75) is 0 Å². The fourth-order valence-electron chi connectivity index (χ4n) is 1.26. The van der Waals surface area contributed by atoms with Crippen LogP contribution in [0.1, 0.15) is 5.56 Å². The first-order chi connectivity index (χ1) is 6.81. The lowest BCUT2D eigenvalue weighted by atomic mass is 10.1. The third kappa shape index (κ3) is 1.34. The normalized spacial score (nSPS) is 9.64. The van der Waals surface area contributed by atoms with E-state index < -0.39 is 0 Å². The molecule has 0 saturated heterocycles. The van der Waals surface area contributed by atoms with E-state index in [0.717, 1.165) is 5.56 Å². The summed E-state index contributed by atoms with van der Waals surface area (Å²) in [7, 11) is 0. The molecule has 3 nitrogen and oxygen atoms in total. The van der Waals surface area contributed by atoms with Crippen molar-refractivity contribution >= 4 is 5.69 Å². The Morgan fingerprint density at radius 1 is 1.29 bits per heavy atom. The molecule has 1 heterocycles. The van der Waals surface area contributed by atoms with Gasteiger partial charge in [-0.05, 0) is 12.1 Å². The van der Waals surface area contributed by atoms with E-state index in [4.69, 9.17) is 15.4 Å². The van der Waals surface area contributed by atoms with Gasteiger partial charge in [0.1, 0.15) is 18.1 Å². The first kappa shape index (κ1) is 8.39. The molecule has 0 atom stereocenters. The number of hydrogen-bond acceptors (Lipinski definition) is 3. The van der Waals surface area contributed by atoms with Gasteiger partial charge in [0.05, 0.1) is 5.56 Å². The van der Waals surface area contributed by atoms with Crippen LogP contribution in [-0.4, -0.2) is 0 Å². The van der Waals surface area contributed by atoms with E-state index >= 15 is 0 Å². The van der Waals surface area contributed by atoms with Gasteiger partial charge in [-0.15, -0.1) is 0 Å². The number of furan rings is 1. The van der Waals surface area contributed by atoms with Crippen molar-refractivity contribution in [3.8, 4) is 17.4 Å². The van der Waals surface area contributed by atoms with Crippen LogP contribution in [0.5, 0.6) is 0 Å². The number of nitriles is 1. The van der Waals surface area contributed by atoms with Crippen LogP contribution in [0.15, 0.2) is 41.0 Å². The van der Waals surface area contributed by atoms with Crippen LogP contribution in [0.3, 0.4) is 0 Å². The van der Waals surface area contributed by atoms with Crippen molar-refractivity contribution in [3.05, 3.63) is 42.2 Å². The number of nitrogens with two attached hydrogens (primary N) is 1. The summed E-state index contributed by atoms with van der Waals surface area (Å²) in [6, 6.07) is 11.1. The van der Waals surface area contributed by atoms with E-state index in [1.807, 2.05) is 24.3 Å². The van der Waals surface area contributed by atoms with E-state index in [2.05, 4.69) is 0 Å². The molecule has 0 spiro atoms. The number of para-hydroxylation sites is 1. The second kappa shape index (κ2) is 3.27. The minimum atomic E-state index is 0.503. The van der Waals surface area contributed by atoms with Crippen LogP contribution in [-0.2, 0) is 0 Å². The summed E-state index contributed by atoms with van der Waals surface area (Å²) in [5, 5.41) is 8.63. The monoisotopic (exact) mass is 184 g/mol. The van der Waals surface area contributed by atoms with Crippen LogP contribution in [0.25, 0.3) is 11.3 Å². The van der Waals surface area contributed by atoms with Gasteiger partial charge in [-0.3, -0.25) is 0 Å². The molecule has 2 N–H and O–H groups in total. The molecule has 14 heavy (non-hydrogen) atoms. The highest BCUT2D eigenvalue weighted by molar-refractivity contribution is 5.73. The number of anilines is 1. The van der Waals surface area contributed by atoms with Crippen LogP contribution < -0.4 is 5.73 Å². The quantitative estimate of drug-likeness (QED) is 0.692. The van der Waals surface area contributed by atoms with E-state index in [1.54, 1.807) is 12.1 Å². The topological polar surface area (TPSA) is 63.0 Å². The lowest BCUT2D eigenvalue weighted by Gasteiger charge is -1.99. The van der Waals surface area contributed by atoms with Gasteiger partial charge in [-0.25, -0.2) is 0 Å². The summed E-state index contributed by atoms with van der Waals surface area (Å²) >= 11 is 0. The van der Waals surface area contributed by atoms with Crippen molar-refractivity contribution < 1.29 is 4.42 Å². The molecule has 0 aliphatic rings. The predicted molar refractivity (Wildman–Crippen MR) is 53.3 cm³/mol. The first-order valence-electron chi connectivity index (χ1n) is 4.15. The highest BCUT2D eigenvalue weighted by Gasteiger charge is 2.06. The van der Waals surface area contributed by atoms with Crippen LogP contribution >= 0.6 is 0 Å². The molecule has 0 radical (unpaired) electrons. The fraction of sp³-hybridized carbons (Fsp3) is 0. The van der Waals surface area contributed by atoms with Gasteiger partial charge >= 0.3 is 0 Å². The Morgan fingerprint density at radius 3 is 2.71 bits per heavy atom. The van der Waals surface area contributed by atoms with Crippen LogP contribution in [0.2, 0.25) is 0 Å². The molecular formula is C11H8N2O. The fourth-order valence-corrected chi connectivity index (χ4v) is 1.26. The SMILES string of the molecule is N#Cc1coc(-c2ccccc2N)c1. The van der Waals surface area contributed by atoms with Crippen molar-refractivity contribution in [2.75, 3.05) is 5.73 Å². The Bertz CT molecular complexity index is 494. The van der Waals surface area contributed by atoms with Gasteiger partial charge in [0, 0.05) is 17.3 Å². The summed E-state index contributed by atoms with van der Waals surface area (Å²) < 4.78 is 5.22. The Hall–Kier alpha value is -2.21. The molecule has 0 aliphatic heterocycles. The maximum absolute atomic E-state index is 8.63. The Balaban J connectivity index is 2.51. The molecule has 2 rings (SSSR count). The first-order valence-corrected chi connectivity index (χ1v) is 4.15. The Labute approximate surface area is 81.4 Å². The van der Waals surface area contributed by atoms with E-state index in [-0.39, 0.29) is 0 Å². The van der Waals surface area contributed by atoms with Crippen molar-refractivity contribution in [1.82, 2.24) is 0 Å². The van der Waals surface area contributed by atoms with Crippen molar-refractivity contribution in [3.63, 3.8) is 0 Å². The maximum atomic E-state index is 8.63. The van der Waals surface area contributed by atoms with Crippen molar-refractivity contribution in [1.29, 1.82) is 5.26 Å². The molecule has 68 valence electrons. The number of nitrogen functional groups attached to an aromatic ring is 1. The molecule has 2 aromatic rings. The molecule has 0 fully saturated rings. The predicted octanol–water partition coefficient (Wildman–Crippen LogP) is 2.40. The van der Waals surface area contributed by atoms with E-state index in [0.29, 0.717) is 17.0 Å². The lowest BCUT2D eigenvalue weighted by Crippen LogP contribution is -1.87. The largest absolute Gasteiger partial charge is 0.463 e. The Kier molecular flexibility index (Phi) is 1.96. The smallest absolute Gasteiger partial charge is 0.137 e.